The van der Waals surface area contributed by atoms with Crippen LogP contribution in [-0.2, 0) is 28.9 Å². The number of hydrogen-bond acceptors (Lipinski definition) is 8. The van der Waals surface area contributed by atoms with Crippen LogP contribution in [0.5, 0.6) is 0 Å². The van der Waals surface area contributed by atoms with Crippen LogP contribution >= 0.6 is 7.82 Å². The molecule has 1 aliphatic heterocycles. The molecule has 1 saturated carbocycles. The van der Waals surface area contributed by atoms with Crippen molar-refractivity contribution >= 4 is 18.6 Å². The van der Waals surface area contributed by atoms with Gasteiger partial charge >= 0.3 is 7.82 Å². The molecule has 0 amide bonds. The summed E-state index contributed by atoms with van der Waals surface area (Å²) in [6.45, 7) is 5.46. The van der Waals surface area contributed by atoms with E-state index in [9.17, 15) is 14.0 Å². The van der Waals surface area contributed by atoms with E-state index in [2.05, 4.69) is 5.43 Å². The Bertz CT molecular complexity index is 596. The monoisotopic (exact) mass is 377 g/mol. The van der Waals surface area contributed by atoms with Crippen molar-refractivity contribution in [3.63, 3.8) is 0 Å². The minimum atomic E-state index is -3.82. The highest BCUT2D eigenvalue weighted by Gasteiger charge is 2.44. The van der Waals surface area contributed by atoms with Crippen LogP contribution in [0.4, 0.5) is 0 Å². The summed E-state index contributed by atoms with van der Waals surface area (Å²) in [5.74, 6) is 0.631. The highest BCUT2D eigenvalue weighted by Crippen LogP contribution is 2.53. The zero-order chi connectivity index (χ0) is 17.7. The van der Waals surface area contributed by atoms with Crippen LogP contribution in [0.1, 0.15) is 40.0 Å². The maximum absolute atomic E-state index is 12.8. The first-order valence-electron chi connectivity index (χ1n) is 8.13. The standard InChI is InChI=1S/C14H24N3O5PS/c1-4-20-23(18,21-5-2)22-13-11-8-7-9-12(11)16-17(10-15)14(13)24(19)6-3/h12,14,16H,4-9H2,1-3H3/t12-,14?,24?/m0/s1. The molecule has 3 atom stereocenters. The third-order valence-electron chi connectivity index (χ3n) is 3.86. The number of rotatable bonds is 8. The van der Waals surface area contributed by atoms with E-state index in [1.165, 1.54) is 5.01 Å². The molecule has 136 valence electrons. The summed E-state index contributed by atoms with van der Waals surface area (Å²) in [4.78, 5) is 0. The van der Waals surface area contributed by atoms with E-state index in [1.807, 2.05) is 6.19 Å². The largest absolute Gasteiger partial charge is 0.529 e. The predicted molar refractivity (Wildman–Crippen MR) is 89.7 cm³/mol. The smallest absolute Gasteiger partial charge is 0.405 e. The normalized spacial score (nSPS) is 25.3. The number of phosphoric acid groups is 1. The van der Waals surface area contributed by atoms with Crippen molar-refractivity contribution in [2.24, 2.45) is 0 Å². The molecular weight excluding hydrogens is 353 g/mol. The van der Waals surface area contributed by atoms with Gasteiger partial charge in [0, 0.05) is 5.75 Å². The van der Waals surface area contributed by atoms with Crippen molar-refractivity contribution in [3.8, 4) is 6.19 Å². The van der Waals surface area contributed by atoms with E-state index in [-0.39, 0.29) is 19.3 Å². The zero-order valence-electron chi connectivity index (χ0n) is 14.2. The molecule has 0 aromatic rings. The molecule has 0 radical (unpaired) electrons. The predicted octanol–water partition coefficient (Wildman–Crippen LogP) is 2.39. The molecule has 2 unspecified atom stereocenters. The van der Waals surface area contributed by atoms with Gasteiger partial charge in [0.15, 0.2) is 11.6 Å². The minimum Gasteiger partial charge on any atom is -0.405 e. The van der Waals surface area contributed by atoms with Crippen LogP contribution in [0, 0.1) is 11.5 Å². The van der Waals surface area contributed by atoms with Gasteiger partial charge in [0.2, 0.25) is 0 Å². The van der Waals surface area contributed by atoms with Gasteiger partial charge in [-0.2, -0.15) is 5.26 Å². The highest BCUT2D eigenvalue weighted by atomic mass is 32.2. The van der Waals surface area contributed by atoms with Gasteiger partial charge in [-0.1, -0.05) is 6.92 Å². The van der Waals surface area contributed by atoms with E-state index < -0.39 is 24.0 Å². The second kappa shape index (κ2) is 8.45. The van der Waals surface area contributed by atoms with Crippen molar-refractivity contribution in [2.45, 2.75) is 51.4 Å². The molecule has 2 aliphatic rings. The summed E-state index contributed by atoms with van der Waals surface area (Å²) < 4.78 is 41.5. The molecule has 0 spiro atoms. The van der Waals surface area contributed by atoms with Gasteiger partial charge < -0.3 is 4.52 Å². The van der Waals surface area contributed by atoms with Crippen LogP contribution in [0.15, 0.2) is 11.3 Å². The fraction of sp³-hybridized carbons (Fsp3) is 0.786. The van der Waals surface area contributed by atoms with Crippen LogP contribution in [0.3, 0.4) is 0 Å². The molecule has 1 N–H and O–H groups in total. The first kappa shape index (κ1) is 19.4. The number of fused-ring (bicyclic) bond motifs is 1. The van der Waals surface area contributed by atoms with Gasteiger partial charge in [0.05, 0.1) is 30.1 Å². The molecule has 0 saturated heterocycles. The molecule has 8 nitrogen and oxygen atoms in total. The third kappa shape index (κ3) is 4.01. The summed E-state index contributed by atoms with van der Waals surface area (Å²) in [6, 6.07) is -0.0820. The zero-order valence-corrected chi connectivity index (χ0v) is 15.9. The van der Waals surface area contributed by atoms with Crippen LogP contribution in [0.2, 0.25) is 0 Å². The Labute approximate surface area is 145 Å². The molecule has 0 aromatic heterocycles. The molecular formula is C14H24N3O5PS. The van der Waals surface area contributed by atoms with E-state index in [0.29, 0.717) is 11.5 Å². The number of nitrogens with zero attached hydrogens (tertiary/aromatic N) is 2. The Morgan fingerprint density at radius 2 is 2.04 bits per heavy atom. The lowest BCUT2D eigenvalue weighted by molar-refractivity contribution is 0.121. The molecule has 24 heavy (non-hydrogen) atoms. The summed E-state index contributed by atoms with van der Waals surface area (Å²) >= 11 is 0. The number of phosphoric ester groups is 1. The van der Waals surface area contributed by atoms with Crippen LogP contribution in [-0.4, -0.2) is 39.6 Å². The topological polar surface area (TPSA) is 101 Å². The first-order chi connectivity index (χ1) is 11.5. The van der Waals surface area contributed by atoms with Gasteiger partial charge in [0.25, 0.3) is 0 Å². The molecule has 1 aliphatic carbocycles. The fourth-order valence-corrected chi connectivity index (χ4v) is 5.34. The first-order valence-corrected chi connectivity index (χ1v) is 11.0. The SMILES string of the molecule is CCOP(=O)(OCC)OC1=C2CCC[C@@H]2NN(C#N)C1S(=O)CC. The maximum Gasteiger partial charge on any atom is 0.529 e. The lowest BCUT2D eigenvalue weighted by Gasteiger charge is -2.37. The molecule has 2 rings (SSSR count). The average Bonchev–Trinajstić information content (AvgIpc) is 3.02. The van der Waals surface area contributed by atoms with Gasteiger partial charge in [0.1, 0.15) is 5.76 Å². The third-order valence-corrected chi connectivity index (χ3v) is 6.92. The quantitative estimate of drug-likeness (QED) is 0.508. The van der Waals surface area contributed by atoms with Crippen molar-refractivity contribution < 1.29 is 22.3 Å². The molecule has 1 heterocycles. The molecule has 0 bridgehead atoms. The minimum absolute atomic E-state index is 0.0820. The number of hydrazine groups is 1. The summed E-state index contributed by atoms with van der Waals surface area (Å²) in [5, 5.41) is 9.82. The Kier molecular flexibility index (Phi) is 6.84. The second-order valence-electron chi connectivity index (χ2n) is 5.33. The highest BCUT2D eigenvalue weighted by molar-refractivity contribution is 7.85. The van der Waals surface area contributed by atoms with Gasteiger partial charge in [-0.15, -0.1) is 0 Å². The number of hydrogen-bond donors (Lipinski definition) is 1. The Morgan fingerprint density at radius 3 is 2.58 bits per heavy atom. The average molecular weight is 377 g/mol. The maximum atomic E-state index is 12.8. The summed E-state index contributed by atoms with van der Waals surface area (Å²) in [7, 11) is -5.22. The molecule has 1 fully saturated rings. The van der Waals surface area contributed by atoms with Gasteiger partial charge in [-0.3, -0.25) is 13.3 Å². The molecule has 10 heteroatoms. The van der Waals surface area contributed by atoms with Gasteiger partial charge in [-0.05, 0) is 38.7 Å². The number of nitriles is 1. The lowest BCUT2D eigenvalue weighted by atomic mass is 10.1. The Balaban J connectivity index is 2.44. The number of nitrogens with one attached hydrogen (secondary N) is 1. The van der Waals surface area contributed by atoms with E-state index >= 15 is 0 Å². The lowest BCUT2D eigenvalue weighted by Crippen LogP contribution is -2.54. The Morgan fingerprint density at radius 1 is 1.38 bits per heavy atom. The van der Waals surface area contributed by atoms with Crippen LogP contribution in [0.25, 0.3) is 0 Å². The second-order valence-corrected chi connectivity index (χ2v) is 8.71. The fourth-order valence-electron chi connectivity index (χ4n) is 2.90. The van der Waals surface area contributed by atoms with E-state index in [0.717, 1.165) is 24.8 Å². The Hall–Kier alpha value is -0.910. The summed E-state index contributed by atoms with van der Waals surface area (Å²) in [6.07, 6.45) is 4.49. The molecule has 0 aromatic carbocycles. The van der Waals surface area contributed by atoms with Crippen molar-refractivity contribution in [1.82, 2.24) is 10.4 Å². The van der Waals surface area contributed by atoms with Crippen LogP contribution < -0.4 is 5.43 Å². The van der Waals surface area contributed by atoms with Crippen molar-refractivity contribution in [2.75, 3.05) is 19.0 Å². The van der Waals surface area contributed by atoms with E-state index in [1.54, 1.807) is 20.8 Å². The van der Waals surface area contributed by atoms with Crippen molar-refractivity contribution in [3.05, 3.63) is 11.3 Å². The van der Waals surface area contributed by atoms with Gasteiger partial charge in [-0.25, -0.2) is 15.0 Å². The summed E-state index contributed by atoms with van der Waals surface area (Å²) in [5.41, 5.74) is 3.98. The van der Waals surface area contributed by atoms with E-state index in [4.69, 9.17) is 13.6 Å². The van der Waals surface area contributed by atoms with Crippen molar-refractivity contribution in [1.29, 1.82) is 5.26 Å².